The molecule has 4 nitrogen and oxygen atoms in total. The van der Waals surface area contributed by atoms with E-state index in [1.54, 1.807) is 4.68 Å². The highest BCUT2D eigenvalue weighted by molar-refractivity contribution is 6.31. The Kier molecular flexibility index (Phi) is 2.68. The van der Waals surface area contributed by atoms with Crippen molar-refractivity contribution in [2.45, 2.75) is 6.92 Å². The third kappa shape index (κ3) is 1.76. The van der Waals surface area contributed by atoms with Crippen LogP contribution in [0, 0.1) is 6.92 Å². The van der Waals surface area contributed by atoms with E-state index in [4.69, 9.17) is 11.6 Å². The largest absolute Gasteiger partial charge is 0.301 e. The van der Waals surface area contributed by atoms with Crippen molar-refractivity contribution in [3.63, 3.8) is 0 Å². The molecule has 2 aromatic heterocycles. The first-order valence-electron chi connectivity index (χ1n) is 5.87. The Morgan fingerprint density at radius 1 is 1.32 bits per heavy atom. The second-order valence-corrected chi connectivity index (χ2v) is 4.89. The summed E-state index contributed by atoms with van der Waals surface area (Å²) in [4.78, 5) is 11.3. The Morgan fingerprint density at radius 3 is 2.84 bits per heavy atom. The van der Waals surface area contributed by atoms with Gasteiger partial charge in [-0.15, -0.1) is 0 Å². The molecule has 0 saturated heterocycles. The number of aromatic nitrogens is 3. The number of fused-ring (bicyclic) bond motifs is 1. The monoisotopic (exact) mass is 273 g/mol. The molecule has 5 heteroatoms. The van der Waals surface area contributed by atoms with Crippen LogP contribution in [-0.4, -0.2) is 20.6 Å². The molecule has 0 fully saturated rings. The van der Waals surface area contributed by atoms with Gasteiger partial charge in [0.05, 0.1) is 16.8 Å². The van der Waals surface area contributed by atoms with Gasteiger partial charge in [-0.25, -0.2) is 0 Å². The second kappa shape index (κ2) is 4.24. The summed E-state index contributed by atoms with van der Waals surface area (Å²) in [6.07, 6.45) is 2.76. The molecule has 0 amide bonds. The van der Waals surface area contributed by atoms with E-state index in [-0.39, 0.29) is 0 Å². The van der Waals surface area contributed by atoms with E-state index >= 15 is 0 Å². The normalized spacial score (nSPS) is 11.1. The van der Waals surface area contributed by atoms with Crippen molar-refractivity contribution in [1.82, 2.24) is 14.3 Å². The molecule has 0 unspecified atom stereocenters. The summed E-state index contributed by atoms with van der Waals surface area (Å²) in [7, 11) is 1.83. The third-order valence-electron chi connectivity index (χ3n) is 3.24. The summed E-state index contributed by atoms with van der Waals surface area (Å²) < 4.78 is 3.64. The molecular formula is C14H12ClN3O. The standard InChI is InChI=1S/C14H12ClN3O/c1-9-12(8-19)14(17(2)16-9)18-6-5-10-3-4-11(15)7-13(10)18/h3-8H,1-2H3. The maximum Gasteiger partial charge on any atom is 0.155 e. The van der Waals surface area contributed by atoms with Gasteiger partial charge in [-0.2, -0.15) is 5.10 Å². The summed E-state index contributed by atoms with van der Waals surface area (Å²) in [5.74, 6) is 0.754. The topological polar surface area (TPSA) is 39.8 Å². The van der Waals surface area contributed by atoms with Gasteiger partial charge < -0.3 is 4.57 Å². The summed E-state index contributed by atoms with van der Waals surface area (Å²) in [5, 5.41) is 6.03. The molecule has 0 radical (unpaired) electrons. The van der Waals surface area contributed by atoms with Crippen LogP contribution in [0.4, 0.5) is 0 Å². The number of carbonyl (C=O) groups is 1. The Morgan fingerprint density at radius 2 is 2.11 bits per heavy atom. The van der Waals surface area contributed by atoms with Crippen molar-refractivity contribution in [1.29, 1.82) is 0 Å². The molecule has 0 aliphatic heterocycles. The molecule has 0 bridgehead atoms. The van der Waals surface area contributed by atoms with Crippen LogP contribution in [0.3, 0.4) is 0 Å². The van der Waals surface area contributed by atoms with Gasteiger partial charge in [-0.1, -0.05) is 17.7 Å². The van der Waals surface area contributed by atoms with Crippen LogP contribution in [0.2, 0.25) is 5.02 Å². The first kappa shape index (κ1) is 12.0. The predicted octanol–water partition coefficient (Wildman–Crippen LogP) is 3.14. The van der Waals surface area contributed by atoms with Gasteiger partial charge in [0, 0.05) is 23.7 Å². The Labute approximate surface area is 115 Å². The Bertz CT molecular complexity index is 785. The summed E-state index contributed by atoms with van der Waals surface area (Å²) in [6.45, 7) is 1.83. The van der Waals surface area contributed by atoms with Gasteiger partial charge in [0.25, 0.3) is 0 Å². The van der Waals surface area contributed by atoms with E-state index in [1.165, 1.54) is 0 Å². The summed E-state index contributed by atoms with van der Waals surface area (Å²) >= 11 is 6.05. The van der Waals surface area contributed by atoms with E-state index in [1.807, 2.05) is 49.0 Å². The molecule has 3 aromatic rings. The lowest BCUT2D eigenvalue weighted by atomic mass is 10.2. The number of nitrogens with zero attached hydrogens (tertiary/aromatic N) is 3. The predicted molar refractivity (Wildman–Crippen MR) is 75.2 cm³/mol. The molecule has 2 heterocycles. The van der Waals surface area contributed by atoms with Crippen LogP contribution in [0.25, 0.3) is 16.7 Å². The average Bonchev–Trinajstić information content (AvgIpc) is 2.89. The van der Waals surface area contributed by atoms with E-state index in [0.717, 1.165) is 28.7 Å². The Hall–Kier alpha value is -2.07. The number of rotatable bonds is 2. The molecule has 0 saturated carbocycles. The molecule has 96 valence electrons. The van der Waals surface area contributed by atoms with Crippen LogP contribution >= 0.6 is 11.6 Å². The summed E-state index contributed by atoms with van der Waals surface area (Å²) in [5.41, 5.74) is 2.27. The minimum atomic E-state index is 0.597. The second-order valence-electron chi connectivity index (χ2n) is 4.45. The molecule has 0 N–H and O–H groups in total. The first-order valence-corrected chi connectivity index (χ1v) is 6.25. The quantitative estimate of drug-likeness (QED) is 0.673. The molecule has 0 aliphatic carbocycles. The molecular weight excluding hydrogens is 262 g/mol. The number of hydrogen-bond acceptors (Lipinski definition) is 2. The number of aldehydes is 1. The minimum Gasteiger partial charge on any atom is -0.301 e. The molecule has 0 atom stereocenters. The fourth-order valence-corrected chi connectivity index (χ4v) is 2.54. The number of benzene rings is 1. The highest BCUT2D eigenvalue weighted by Gasteiger charge is 2.15. The van der Waals surface area contributed by atoms with Crippen molar-refractivity contribution in [3.05, 3.63) is 46.7 Å². The smallest absolute Gasteiger partial charge is 0.155 e. The molecule has 0 spiro atoms. The van der Waals surface area contributed by atoms with Gasteiger partial charge in [0.1, 0.15) is 5.82 Å². The minimum absolute atomic E-state index is 0.597. The van der Waals surface area contributed by atoms with Gasteiger partial charge in [-0.3, -0.25) is 9.48 Å². The Balaban J connectivity index is 2.36. The summed E-state index contributed by atoms with van der Waals surface area (Å²) in [6, 6.07) is 7.68. The molecule has 1 aromatic carbocycles. The maximum atomic E-state index is 11.3. The zero-order valence-corrected chi connectivity index (χ0v) is 11.3. The third-order valence-corrected chi connectivity index (χ3v) is 3.47. The van der Waals surface area contributed by atoms with E-state index in [2.05, 4.69) is 5.10 Å². The number of aryl methyl sites for hydroxylation is 2. The zero-order chi connectivity index (χ0) is 13.6. The van der Waals surface area contributed by atoms with Crippen LogP contribution in [-0.2, 0) is 7.05 Å². The highest BCUT2D eigenvalue weighted by Crippen LogP contribution is 2.25. The van der Waals surface area contributed by atoms with Gasteiger partial charge in [-0.05, 0) is 25.1 Å². The van der Waals surface area contributed by atoms with Crippen LogP contribution in [0.1, 0.15) is 16.1 Å². The molecule has 3 rings (SSSR count). The maximum absolute atomic E-state index is 11.3. The van der Waals surface area contributed by atoms with Crippen molar-refractivity contribution in [2.24, 2.45) is 7.05 Å². The van der Waals surface area contributed by atoms with Crippen LogP contribution < -0.4 is 0 Å². The number of halogens is 1. The fraction of sp³-hybridized carbons (Fsp3) is 0.143. The number of hydrogen-bond donors (Lipinski definition) is 0. The van der Waals surface area contributed by atoms with Crippen molar-refractivity contribution in [2.75, 3.05) is 0 Å². The lowest BCUT2D eigenvalue weighted by Gasteiger charge is -2.07. The van der Waals surface area contributed by atoms with Gasteiger partial charge >= 0.3 is 0 Å². The number of carbonyl (C=O) groups excluding carboxylic acids is 1. The van der Waals surface area contributed by atoms with Gasteiger partial charge in [0.15, 0.2) is 6.29 Å². The van der Waals surface area contributed by atoms with Crippen molar-refractivity contribution >= 4 is 28.8 Å². The van der Waals surface area contributed by atoms with E-state index in [9.17, 15) is 4.79 Å². The van der Waals surface area contributed by atoms with Crippen LogP contribution in [0.5, 0.6) is 0 Å². The van der Waals surface area contributed by atoms with E-state index in [0.29, 0.717) is 10.6 Å². The van der Waals surface area contributed by atoms with Crippen molar-refractivity contribution < 1.29 is 4.79 Å². The lowest BCUT2D eigenvalue weighted by Crippen LogP contribution is -2.03. The SMILES string of the molecule is Cc1nn(C)c(-n2ccc3ccc(Cl)cc32)c1C=O. The highest BCUT2D eigenvalue weighted by atomic mass is 35.5. The fourth-order valence-electron chi connectivity index (χ4n) is 2.37. The van der Waals surface area contributed by atoms with E-state index < -0.39 is 0 Å². The molecule has 19 heavy (non-hydrogen) atoms. The van der Waals surface area contributed by atoms with Gasteiger partial charge in [0.2, 0.25) is 0 Å². The lowest BCUT2D eigenvalue weighted by molar-refractivity contribution is 0.112. The zero-order valence-electron chi connectivity index (χ0n) is 10.6. The van der Waals surface area contributed by atoms with Crippen LogP contribution in [0.15, 0.2) is 30.5 Å². The van der Waals surface area contributed by atoms with Crippen molar-refractivity contribution in [3.8, 4) is 5.82 Å². The first-order chi connectivity index (χ1) is 9.11. The average molecular weight is 274 g/mol. The molecule has 0 aliphatic rings.